The van der Waals surface area contributed by atoms with Crippen LogP contribution in [0, 0.1) is 31.1 Å². The molecular weight excluding hydrogens is 418 g/mol. The first-order valence-corrected chi connectivity index (χ1v) is 11.9. The summed E-state index contributed by atoms with van der Waals surface area (Å²) in [6.07, 6.45) is 2.58. The molecule has 0 atom stereocenters. The second-order valence-corrected chi connectivity index (χ2v) is 10.5. The van der Waals surface area contributed by atoms with Gasteiger partial charge in [-0.1, -0.05) is 48.9 Å². The number of hydrogen-bond acceptors (Lipinski definition) is 3. The number of hydrogen-bond donors (Lipinski definition) is 0. The molecule has 0 spiro atoms. The predicted molar refractivity (Wildman–Crippen MR) is 121 cm³/mol. The SMILES string of the molecule is CCn1nc(C)c(S(=O)(=O)N2CC/C(=C\C#Cc3cccc(Cl)c3)C(C)(C)C2)c1C. The standard InChI is InChI=1S/C23H28ClN3O2S/c1-6-27-18(3)22(17(2)25-27)30(28,29)26-14-13-20(23(4,5)16-26)11-7-9-19-10-8-12-21(24)15-19/h8,10-12,15H,6,13-14,16H2,1-5H3/b20-11+. The molecule has 0 radical (unpaired) electrons. The molecule has 1 saturated heterocycles. The fraction of sp³-hybridized carbons (Fsp3) is 0.435. The maximum absolute atomic E-state index is 13.4. The van der Waals surface area contributed by atoms with E-state index in [9.17, 15) is 8.42 Å². The summed E-state index contributed by atoms with van der Waals surface area (Å²) >= 11 is 6.01. The van der Waals surface area contributed by atoms with Crippen molar-refractivity contribution in [1.82, 2.24) is 14.1 Å². The Kier molecular flexibility index (Phi) is 6.47. The molecule has 0 N–H and O–H groups in total. The molecule has 0 amide bonds. The summed E-state index contributed by atoms with van der Waals surface area (Å²) in [5.74, 6) is 6.22. The Morgan fingerprint density at radius 2 is 2.03 bits per heavy atom. The molecule has 1 aromatic carbocycles. The molecule has 1 fully saturated rings. The van der Waals surface area contributed by atoms with Crippen LogP contribution in [0.15, 0.2) is 40.8 Å². The molecule has 160 valence electrons. The smallest absolute Gasteiger partial charge is 0.246 e. The van der Waals surface area contributed by atoms with E-state index in [-0.39, 0.29) is 5.41 Å². The van der Waals surface area contributed by atoms with E-state index < -0.39 is 10.0 Å². The van der Waals surface area contributed by atoms with Crippen LogP contribution in [0.2, 0.25) is 5.02 Å². The Labute approximate surface area is 184 Å². The van der Waals surface area contributed by atoms with E-state index in [1.165, 1.54) is 0 Å². The number of sulfonamides is 1. The van der Waals surface area contributed by atoms with Crippen molar-refractivity contribution in [2.45, 2.75) is 52.5 Å². The van der Waals surface area contributed by atoms with Crippen molar-refractivity contribution >= 4 is 21.6 Å². The first-order chi connectivity index (χ1) is 14.1. The minimum atomic E-state index is -3.60. The molecule has 1 aromatic heterocycles. The average Bonchev–Trinajstić information content (AvgIpc) is 2.96. The fourth-order valence-corrected chi connectivity index (χ4v) is 6.11. The quantitative estimate of drug-likeness (QED) is 0.650. The van der Waals surface area contributed by atoms with Crippen LogP contribution < -0.4 is 0 Å². The molecule has 2 aromatic rings. The first kappa shape index (κ1) is 22.6. The zero-order chi connectivity index (χ0) is 22.1. The Morgan fingerprint density at radius 3 is 2.63 bits per heavy atom. The van der Waals surface area contributed by atoms with E-state index in [0.29, 0.717) is 47.4 Å². The maximum Gasteiger partial charge on any atom is 0.246 e. The number of aryl methyl sites for hydroxylation is 2. The van der Waals surface area contributed by atoms with Crippen molar-refractivity contribution < 1.29 is 8.42 Å². The van der Waals surface area contributed by atoms with E-state index >= 15 is 0 Å². The van der Waals surface area contributed by atoms with Gasteiger partial charge in [-0.25, -0.2) is 8.42 Å². The first-order valence-electron chi connectivity index (χ1n) is 10.1. The monoisotopic (exact) mass is 445 g/mol. The molecule has 3 rings (SSSR count). The van der Waals surface area contributed by atoms with Gasteiger partial charge in [0, 0.05) is 35.6 Å². The zero-order valence-corrected chi connectivity index (χ0v) is 19.7. The van der Waals surface area contributed by atoms with Crippen LogP contribution >= 0.6 is 11.6 Å². The van der Waals surface area contributed by atoms with Crippen LogP contribution in [0.25, 0.3) is 0 Å². The lowest BCUT2D eigenvalue weighted by Gasteiger charge is -2.39. The van der Waals surface area contributed by atoms with Gasteiger partial charge in [0.25, 0.3) is 0 Å². The van der Waals surface area contributed by atoms with Gasteiger partial charge >= 0.3 is 0 Å². The van der Waals surface area contributed by atoms with Gasteiger partial charge in [0.2, 0.25) is 10.0 Å². The number of nitrogens with zero attached hydrogens (tertiary/aromatic N) is 3. The summed E-state index contributed by atoms with van der Waals surface area (Å²) < 4.78 is 30.1. The number of halogens is 1. The van der Waals surface area contributed by atoms with Gasteiger partial charge in [-0.3, -0.25) is 4.68 Å². The zero-order valence-electron chi connectivity index (χ0n) is 18.2. The average molecular weight is 446 g/mol. The lowest BCUT2D eigenvalue weighted by molar-refractivity contribution is 0.253. The van der Waals surface area contributed by atoms with Crippen molar-refractivity contribution in [3.8, 4) is 11.8 Å². The highest BCUT2D eigenvalue weighted by molar-refractivity contribution is 7.89. The van der Waals surface area contributed by atoms with Crippen LogP contribution in [0.5, 0.6) is 0 Å². The molecule has 1 aliphatic heterocycles. The molecular formula is C23H28ClN3O2S. The van der Waals surface area contributed by atoms with Crippen molar-refractivity contribution in [3.05, 3.63) is 57.9 Å². The second kappa shape index (κ2) is 8.58. The van der Waals surface area contributed by atoms with Gasteiger partial charge in [0.05, 0.1) is 11.4 Å². The van der Waals surface area contributed by atoms with Gasteiger partial charge in [-0.05, 0) is 51.5 Å². The van der Waals surface area contributed by atoms with Gasteiger partial charge in [0.15, 0.2) is 0 Å². The highest BCUT2D eigenvalue weighted by Gasteiger charge is 2.39. The Hall–Kier alpha value is -2.07. The van der Waals surface area contributed by atoms with Gasteiger partial charge in [0.1, 0.15) is 4.90 Å². The molecule has 2 heterocycles. The molecule has 0 aliphatic carbocycles. The van der Waals surface area contributed by atoms with E-state index in [0.717, 1.165) is 11.1 Å². The van der Waals surface area contributed by atoms with Crippen LogP contribution in [-0.4, -0.2) is 35.6 Å². The van der Waals surface area contributed by atoms with E-state index in [4.69, 9.17) is 11.6 Å². The summed E-state index contributed by atoms with van der Waals surface area (Å²) in [5.41, 5.74) is 2.95. The minimum Gasteiger partial charge on any atom is -0.268 e. The molecule has 0 bridgehead atoms. The van der Waals surface area contributed by atoms with Crippen molar-refractivity contribution in [2.75, 3.05) is 13.1 Å². The molecule has 1 aliphatic rings. The Bertz CT molecular complexity index is 1150. The van der Waals surface area contributed by atoms with Gasteiger partial charge in [-0.15, -0.1) is 0 Å². The van der Waals surface area contributed by atoms with Gasteiger partial charge < -0.3 is 0 Å². The molecule has 0 saturated carbocycles. The van der Waals surface area contributed by atoms with Crippen LogP contribution in [0.4, 0.5) is 0 Å². The minimum absolute atomic E-state index is 0.309. The van der Waals surface area contributed by atoms with Crippen LogP contribution in [0.1, 0.15) is 44.1 Å². The largest absolute Gasteiger partial charge is 0.268 e. The normalized spacial score (nSPS) is 18.3. The number of rotatable bonds is 3. The number of benzene rings is 1. The third-order valence-corrected chi connectivity index (χ3v) is 7.90. The number of aromatic nitrogens is 2. The fourth-order valence-electron chi connectivity index (χ4n) is 3.94. The highest BCUT2D eigenvalue weighted by atomic mass is 35.5. The molecule has 7 heteroatoms. The van der Waals surface area contributed by atoms with Crippen LogP contribution in [-0.2, 0) is 16.6 Å². The molecule has 5 nitrogen and oxygen atoms in total. The van der Waals surface area contributed by atoms with Crippen molar-refractivity contribution in [3.63, 3.8) is 0 Å². The summed E-state index contributed by atoms with van der Waals surface area (Å²) in [6, 6.07) is 7.43. The summed E-state index contributed by atoms with van der Waals surface area (Å²) in [7, 11) is -3.60. The Balaban J connectivity index is 1.84. The Morgan fingerprint density at radius 1 is 1.30 bits per heavy atom. The topological polar surface area (TPSA) is 55.2 Å². The van der Waals surface area contributed by atoms with E-state index in [1.54, 1.807) is 15.9 Å². The maximum atomic E-state index is 13.4. The number of allylic oxidation sites excluding steroid dienone is 1. The summed E-state index contributed by atoms with van der Waals surface area (Å²) in [5, 5.41) is 5.05. The summed E-state index contributed by atoms with van der Waals surface area (Å²) in [6.45, 7) is 11.2. The van der Waals surface area contributed by atoms with Gasteiger partial charge in [-0.2, -0.15) is 9.40 Å². The van der Waals surface area contributed by atoms with E-state index in [1.807, 2.05) is 44.2 Å². The van der Waals surface area contributed by atoms with Crippen LogP contribution in [0.3, 0.4) is 0 Å². The van der Waals surface area contributed by atoms with Crippen molar-refractivity contribution in [2.24, 2.45) is 5.41 Å². The number of piperidine rings is 1. The second-order valence-electron chi connectivity index (χ2n) is 8.24. The van der Waals surface area contributed by atoms with E-state index in [2.05, 4.69) is 30.8 Å². The molecule has 0 unspecified atom stereocenters. The predicted octanol–water partition coefficient (Wildman–Crippen LogP) is 4.57. The third kappa shape index (κ3) is 4.49. The van der Waals surface area contributed by atoms with Crippen molar-refractivity contribution in [1.29, 1.82) is 0 Å². The third-order valence-electron chi connectivity index (χ3n) is 5.57. The highest BCUT2D eigenvalue weighted by Crippen LogP contribution is 2.37. The summed E-state index contributed by atoms with van der Waals surface area (Å²) in [4.78, 5) is 0.341. The molecule has 30 heavy (non-hydrogen) atoms. The lowest BCUT2D eigenvalue weighted by Crippen LogP contribution is -2.45. The lowest BCUT2D eigenvalue weighted by atomic mass is 9.79.